The van der Waals surface area contributed by atoms with Crippen LogP contribution in [0.3, 0.4) is 0 Å². The van der Waals surface area contributed by atoms with E-state index in [9.17, 15) is 22.4 Å². The molecule has 1 aromatic heterocycles. The molecular weight excluding hydrogens is 358 g/mol. The highest BCUT2D eigenvalue weighted by atomic mass is 32.1. The molecule has 1 amide bonds. The number of aromatic nitrogens is 2. The molecule has 1 N–H and O–H groups in total. The second-order valence-electron chi connectivity index (χ2n) is 4.99. The maximum absolute atomic E-state index is 13.0. The monoisotopic (exact) mass is 367 g/mol. The second kappa shape index (κ2) is 6.60. The molecule has 0 aliphatic rings. The van der Waals surface area contributed by atoms with E-state index in [0.29, 0.717) is 5.56 Å². The Kier molecular flexibility index (Phi) is 4.49. The van der Waals surface area contributed by atoms with E-state index in [1.807, 2.05) is 0 Å². The molecule has 3 rings (SSSR count). The van der Waals surface area contributed by atoms with E-state index >= 15 is 0 Å². The van der Waals surface area contributed by atoms with Gasteiger partial charge in [-0.05, 0) is 54.0 Å². The molecule has 0 fully saturated rings. The van der Waals surface area contributed by atoms with Crippen LogP contribution in [0, 0.1) is 5.82 Å². The topological polar surface area (TPSA) is 54.9 Å². The van der Waals surface area contributed by atoms with Crippen LogP contribution in [0.15, 0.2) is 48.5 Å². The lowest BCUT2D eigenvalue weighted by molar-refractivity contribution is -0.137. The van der Waals surface area contributed by atoms with Gasteiger partial charge in [-0.2, -0.15) is 13.2 Å². The molecule has 25 heavy (non-hydrogen) atoms. The zero-order chi connectivity index (χ0) is 18.0. The Morgan fingerprint density at radius 3 is 2.48 bits per heavy atom. The number of carbonyl (C=O) groups excluding carboxylic acids is 1. The van der Waals surface area contributed by atoms with Crippen molar-refractivity contribution in [2.45, 2.75) is 6.18 Å². The minimum absolute atomic E-state index is 0.00159. The Hall–Kier alpha value is -2.81. The number of carbonyl (C=O) groups is 1. The fraction of sp³-hybridized carbons (Fsp3) is 0.0625. The van der Waals surface area contributed by atoms with Gasteiger partial charge >= 0.3 is 6.18 Å². The maximum Gasteiger partial charge on any atom is 0.416 e. The highest BCUT2D eigenvalue weighted by Crippen LogP contribution is 2.31. The normalized spacial score (nSPS) is 11.4. The van der Waals surface area contributed by atoms with Crippen LogP contribution < -0.4 is 5.32 Å². The molecule has 0 atom stereocenters. The molecule has 0 saturated heterocycles. The summed E-state index contributed by atoms with van der Waals surface area (Å²) in [6.45, 7) is 0. The first-order chi connectivity index (χ1) is 11.8. The van der Waals surface area contributed by atoms with Crippen LogP contribution in [0.25, 0.3) is 11.3 Å². The van der Waals surface area contributed by atoms with Crippen LogP contribution in [0.2, 0.25) is 0 Å². The fourth-order valence-electron chi connectivity index (χ4n) is 2.10. The minimum Gasteiger partial charge on any atom is -0.321 e. The molecule has 0 aliphatic heterocycles. The van der Waals surface area contributed by atoms with Crippen molar-refractivity contribution >= 4 is 23.1 Å². The van der Waals surface area contributed by atoms with Crippen LogP contribution in [-0.4, -0.2) is 15.5 Å². The zero-order valence-corrected chi connectivity index (χ0v) is 13.2. The first-order valence-electron chi connectivity index (χ1n) is 6.91. The third kappa shape index (κ3) is 3.82. The van der Waals surface area contributed by atoms with Gasteiger partial charge in [0, 0.05) is 11.3 Å². The number of rotatable bonds is 3. The van der Waals surface area contributed by atoms with Gasteiger partial charge in [-0.1, -0.05) is 10.6 Å². The summed E-state index contributed by atoms with van der Waals surface area (Å²) in [5.74, 6) is -1.09. The molecule has 2 aromatic carbocycles. The molecule has 1 heterocycles. The van der Waals surface area contributed by atoms with Crippen LogP contribution in [0.4, 0.5) is 23.2 Å². The quantitative estimate of drug-likeness (QED) is 0.688. The van der Waals surface area contributed by atoms with Gasteiger partial charge in [-0.25, -0.2) is 4.39 Å². The van der Waals surface area contributed by atoms with Crippen molar-refractivity contribution in [2.24, 2.45) is 0 Å². The van der Waals surface area contributed by atoms with Crippen LogP contribution in [0.5, 0.6) is 0 Å². The van der Waals surface area contributed by atoms with Crippen molar-refractivity contribution < 1.29 is 22.4 Å². The molecule has 128 valence electrons. The van der Waals surface area contributed by atoms with E-state index in [-0.39, 0.29) is 16.3 Å². The van der Waals surface area contributed by atoms with Crippen molar-refractivity contribution in [2.75, 3.05) is 5.32 Å². The zero-order valence-electron chi connectivity index (χ0n) is 12.3. The summed E-state index contributed by atoms with van der Waals surface area (Å²) in [5, 5.41) is 6.24. The summed E-state index contributed by atoms with van der Waals surface area (Å²) in [6, 6.07) is 9.59. The SMILES string of the molecule is O=C(Nc1cccc(C(F)(F)F)c1)c1snnc1-c1ccc(F)cc1. The largest absolute Gasteiger partial charge is 0.416 e. The van der Waals surface area contributed by atoms with E-state index in [1.165, 1.54) is 36.4 Å². The summed E-state index contributed by atoms with van der Waals surface area (Å²) in [7, 11) is 0. The van der Waals surface area contributed by atoms with E-state index < -0.39 is 23.5 Å². The summed E-state index contributed by atoms with van der Waals surface area (Å²) in [5.41, 5.74) is -0.163. The van der Waals surface area contributed by atoms with Gasteiger partial charge in [0.15, 0.2) is 0 Å². The molecule has 0 aliphatic carbocycles. The number of amides is 1. The maximum atomic E-state index is 13.0. The number of nitrogens with zero attached hydrogens (tertiary/aromatic N) is 2. The highest BCUT2D eigenvalue weighted by Gasteiger charge is 2.30. The molecule has 0 unspecified atom stereocenters. The molecule has 0 spiro atoms. The number of hydrogen-bond acceptors (Lipinski definition) is 4. The number of halogens is 4. The standard InChI is InChI=1S/C16H9F4N3OS/c17-11-6-4-9(5-7-11)13-14(25-23-22-13)15(24)21-12-3-1-2-10(8-12)16(18,19)20/h1-8H,(H,21,24). The Labute approximate surface area is 143 Å². The molecule has 4 nitrogen and oxygen atoms in total. The summed E-state index contributed by atoms with van der Waals surface area (Å²) in [4.78, 5) is 12.5. The van der Waals surface area contributed by atoms with E-state index in [1.54, 1.807) is 0 Å². The molecular formula is C16H9F4N3OS. The van der Waals surface area contributed by atoms with Gasteiger partial charge in [0.05, 0.1) is 5.56 Å². The predicted octanol–water partition coefficient (Wildman–Crippen LogP) is 4.62. The van der Waals surface area contributed by atoms with Gasteiger partial charge < -0.3 is 5.32 Å². The summed E-state index contributed by atoms with van der Waals surface area (Å²) in [6.07, 6.45) is -4.51. The van der Waals surface area contributed by atoms with Crippen molar-refractivity contribution in [1.82, 2.24) is 9.59 Å². The lowest BCUT2D eigenvalue weighted by atomic mass is 10.1. The van der Waals surface area contributed by atoms with E-state index in [4.69, 9.17) is 0 Å². The van der Waals surface area contributed by atoms with Crippen molar-refractivity contribution in [3.05, 3.63) is 64.8 Å². The van der Waals surface area contributed by atoms with Gasteiger partial charge in [-0.3, -0.25) is 4.79 Å². The summed E-state index contributed by atoms with van der Waals surface area (Å²) >= 11 is 0.797. The van der Waals surface area contributed by atoms with E-state index in [2.05, 4.69) is 14.9 Å². The number of anilines is 1. The second-order valence-corrected chi connectivity index (χ2v) is 5.74. The number of hydrogen-bond donors (Lipinski definition) is 1. The number of benzene rings is 2. The minimum atomic E-state index is -4.51. The number of nitrogens with one attached hydrogen (secondary N) is 1. The molecule has 0 saturated carbocycles. The molecule has 0 radical (unpaired) electrons. The van der Waals surface area contributed by atoms with Crippen molar-refractivity contribution in [3.8, 4) is 11.3 Å². The van der Waals surface area contributed by atoms with Gasteiger partial charge in [-0.15, -0.1) is 5.10 Å². The Morgan fingerprint density at radius 2 is 1.80 bits per heavy atom. The lowest BCUT2D eigenvalue weighted by Gasteiger charge is -2.09. The van der Waals surface area contributed by atoms with Crippen molar-refractivity contribution in [3.63, 3.8) is 0 Å². The average molecular weight is 367 g/mol. The first kappa shape index (κ1) is 17.0. The van der Waals surface area contributed by atoms with Crippen LogP contribution in [-0.2, 0) is 6.18 Å². The Bertz CT molecular complexity index is 906. The Balaban J connectivity index is 1.86. The Morgan fingerprint density at radius 1 is 1.08 bits per heavy atom. The van der Waals surface area contributed by atoms with Crippen molar-refractivity contribution in [1.29, 1.82) is 0 Å². The lowest BCUT2D eigenvalue weighted by Crippen LogP contribution is -2.13. The molecule has 0 bridgehead atoms. The van der Waals surface area contributed by atoms with Gasteiger partial charge in [0.2, 0.25) is 0 Å². The predicted molar refractivity (Wildman–Crippen MR) is 84.7 cm³/mol. The van der Waals surface area contributed by atoms with Gasteiger partial charge in [0.1, 0.15) is 16.4 Å². The summed E-state index contributed by atoms with van der Waals surface area (Å²) < 4.78 is 54.9. The average Bonchev–Trinajstić information content (AvgIpc) is 3.05. The third-order valence-electron chi connectivity index (χ3n) is 3.26. The number of alkyl halides is 3. The smallest absolute Gasteiger partial charge is 0.321 e. The molecule has 9 heteroatoms. The highest BCUT2D eigenvalue weighted by molar-refractivity contribution is 7.08. The molecule has 3 aromatic rings. The van der Waals surface area contributed by atoms with Crippen LogP contribution in [0.1, 0.15) is 15.2 Å². The van der Waals surface area contributed by atoms with E-state index in [0.717, 1.165) is 23.7 Å². The fourth-order valence-corrected chi connectivity index (χ4v) is 2.68. The van der Waals surface area contributed by atoms with Gasteiger partial charge in [0.25, 0.3) is 5.91 Å². The first-order valence-corrected chi connectivity index (χ1v) is 7.69. The third-order valence-corrected chi connectivity index (χ3v) is 3.98. The van der Waals surface area contributed by atoms with Crippen LogP contribution >= 0.6 is 11.5 Å².